The molecule has 0 saturated heterocycles. The lowest BCUT2D eigenvalue weighted by molar-refractivity contribution is 0.439. The molecule has 0 aliphatic heterocycles. The van der Waals surface area contributed by atoms with Gasteiger partial charge in [-0.25, -0.2) is 0 Å². The minimum Gasteiger partial charge on any atom is -0.508 e. The summed E-state index contributed by atoms with van der Waals surface area (Å²) in [6, 6.07) is 15.9. The van der Waals surface area contributed by atoms with E-state index in [4.69, 9.17) is 5.73 Å². The van der Waals surface area contributed by atoms with Crippen LogP contribution in [0, 0.1) is 5.92 Å². The van der Waals surface area contributed by atoms with Gasteiger partial charge in [-0.15, -0.1) is 0 Å². The van der Waals surface area contributed by atoms with Crippen molar-refractivity contribution in [3.8, 4) is 5.75 Å². The highest BCUT2D eigenvalue weighted by Gasteiger charge is 2.15. The zero-order valence-electron chi connectivity index (χ0n) is 11.5. The first-order chi connectivity index (χ1) is 9.08. The molecule has 0 bridgehead atoms. The van der Waals surface area contributed by atoms with Gasteiger partial charge in [0.2, 0.25) is 0 Å². The molecule has 2 nitrogen and oxygen atoms in total. The van der Waals surface area contributed by atoms with Gasteiger partial charge < -0.3 is 10.8 Å². The van der Waals surface area contributed by atoms with Crippen molar-refractivity contribution < 1.29 is 5.11 Å². The van der Waals surface area contributed by atoms with Crippen molar-refractivity contribution in [3.63, 3.8) is 0 Å². The summed E-state index contributed by atoms with van der Waals surface area (Å²) < 4.78 is 0. The van der Waals surface area contributed by atoms with Crippen LogP contribution < -0.4 is 5.73 Å². The number of nitrogens with two attached hydrogens (primary N) is 1. The molecule has 1 atom stereocenters. The van der Waals surface area contributed by atoms with E-state index < -0.39 is 0 Å². The SMILES string of the molecule is CC(C)C(N)c1cc(Cc2ccccc2)ccc1O. The topological polar surface area (TPSA) is 46.2 Å². The van der Waals surface area contributed by atoms with Crippen molar-refractivity contribution in [3.05, 3.63) is 65.2 Å². The first kappa shape index (κ1) is 13.6. The van der Waals surface area contributed by atoms with E-state index in [0.29, 0.717) is 5.92 Å². The van der Waals surface area contributed by atoms with Gasteiger partial charge in [-0.2, -0.15) is 0 Å². The van der Waals surface area contributed by atoms with Crippen LogP contribution >= 0.6 is 0 Å². The number of rotatable bonds is 4. The minimum absolute atomic E-state index is 0.129. The Morgan fingerprint density at radius 2 is 1.68 bits per heavy atom. The van der Waals surface area contributed by atoms with Crippen molar-refractivity contribution in [1.82, 2.24) is 0 Å². The largest absolute Gasteiger partial charge is 0.508 e. The van der Waals surface area contributed by atoms with Crippen LogP contribution in [0.15, 0.2) is 48.5 Å². The second-order valence-electron chi connectivity index (χ2n) is 5.33. The molecule has 19 heavy (non-hydrogen) atoms. The van der Waals surface area contributed by atoms with Crippen LogP contribution in [-0.2, 0) is 6.42 Å². The predicted molar refractivity (Wildman–Crippen MR) is 79.1 cm³/mol. The summed E-state index contributed by atoms with van der Waals surface area (Å²) in [6.45, 7) is 4.13. The molecule has 0 aromatic heterocycles. The Kier molecular flexibility index (Phi) is 4.23. The molecule has 100 valence electrons. The second-order valence-corrected chi connectivity index (χ2v) is 5.33. The number of aromatic hydroxyl groups is 1. The Morgan fingerprint density at radius 1 is 1.00 bits per heavy atom. The van der Waals surface area contributed by atoms with Crippen LogP contribution in [0.2, 0.25) is 0 Å². The van der Waals surface area contributed by atoms with Crippen LogP contribution in [0.4, 0.5) is 0 Å². The monoisotopic (exact) mass is 255 g/mol. The summed E-state index contributed by atoms with van der Waals surface area (Å²) in [6.07, 6.45) is 0.860. The van der Waals surface area contributed by atoms with Crippen LogP contribution in [-0.4, -0.2) is 5.11 Å². The highest BCUT2D eigenvalue weighted by atomic mass is 16.3. The van der Waals surface area contributed by atoms with E-state index in [2.05, 4.69) is 26.0 Å². The Balaban J connectivity index is 2.26. The molecule has 2 aromatic carbocycles. The van der Waals surface area contributed by atoms with E-state index in [1.807, 2.05) is 30.3 Å². The number of benzene rings is 2. The summed E-state index contributed by atoms with van der Waals surface area (Å²) in [5.74, 6) is 0.593. The van der Waals surface area contributed by atoms with Crippen LogP contribution in [0.1, 0.15) is 36.6 Å². The second kappa shape index (κ2) is 5.89. The average molecular weight is 255 g/mol. The first-order valence-electron chi connectivity index (χ1n) is 6.69. The number of hydrogen-bond acceptors (Lipinski definition) is 2. The Labute approximate surface area is 114 Å². The molecule has 2 aromatic rings. The summed E-state index contributed by atoms with van der Waals surface area (Å²) in [5, 5.41) is 9.94. The van der Waals surface area contributed by atoms with Gasteiger partial charge in [0, 0.05) is 11.6 Å². The van der Waals surface area contributed by atoms with Crippen molar-refractivity contribution in [1.29, 1.82) is 0 Å². The average Bonchev–Trinajstić information content (AvgIpc) is 2.41. The van der Waals surface area contributed by atoms with Crippen molar-refractivity contribution >= 4 is 0 Å². The molecule has 2 rings (SSSR count). The fourth-order valence-corrected chi connectivity index (χ4v) is 2.17. The smallest absolute Gasteiger partial charge is 0.120 e. The van der Waals surface area contributed by atoms with Crippen LogP contribution in [0.3, 0.4) is 0 Å². The van der Waals surface area contributed by atoms with Gasteiger partial charge in [-0.05, 0) is 29.5 Å². The number of phenols is 1. The highest BCUT2D eigenvalue weighted by molar-refractivity contribution is 5.40. The fourth-order valence-electron chi connectivity index (χ4n) is 2.17. The van der Waals surface area contributed by atoms with E-state index in [0.717, 1.165) is 12.0 Å². The Morgan fingerprint density at radius 3 is 2.32 bits per heavy atom. The summed E-state index contributed by atoms with van der Waals surface area (Å²) >= 11 is 0. The van der Waals surface area contributed by atoms with Crippen molar-refractivity contribution in [2.24, 2.45) is 11.7 Å². The zero-order chi connectivity index (χ0) is 13.8. The van der Waals surface area contributed by atoms with Gasteiger partial charge in [-0.1, -0.05) is 56.3 Å². The standard InChI is InChI=1S/C17H21NO/c1-12(2)17(18)15-11-14(8-9-16(15)19)10-13-6-4-3-5-7-13/h3-9,11-12,17,19H,10,18H2,1-2H3. The summed E-state index contributed by atoms with van der Waals surface area (Å²) in [5.41, 5.74) is 9.41. The molecular weight excluding hydrogens is 234 g/mol. The van der Waals surface area contributed by atoms with E-state index in [1.54, 1.807) is 6.07 Å². The van der Waals surface area contributed by atoms with Crippen LogP contribution in [0.25, 0.3) is 0 Å². The molecule has 1 unspecified atom stereocenters. The van der Waals surface area contributed by atoms with E-state index in [1.165, 1.54) is 11.1 Å². The lowest BCUT2D eigenvalue weighted by Crippen LogP contribution is -2.17. The maximum Gasteiger partial charge on any atom is 0.120 e. The summed E-state index contributed by atoms with van der Waals surface area (Å²) in [7, 11) is 0. The molecule has 0 heterocycles. The third kappa shape index (κ3) is 3.36. The molecule has 3 N–H and O–H groups in total. The minimum atomic E-state index is -0.129. The number of hydrogen-bond donors (Lipinski definition) is 2. The van der Waals surface area contributed by atoms with Gasteiger partial charge in [0.1, 0.15) is 5.75 Å². The molecule has 0 amide bonds. The molecule has 0 aliphatic carbocycles. The predicted octanol–water partition coefficient (Wildman–Crippen LogP) is 3.64. The van der Waals surface area contributed by atoms with E-state index in [-0.39, 0.29) is 11.8 Å². The third-order valence-corrected chi connectivity index (χ3v) is 3.42. The molecule has 0 aliphatic rings. The zero-order valence-corrected chi connectivity index (χ0v) is 11.5. The molecule has 0 radical (unpaired) electrons. The third-order valence-electron chi connectivity index (χ3n) is 3.42. The molecule has 0 spiro atoms. The molecule has 0 saturated carbocycles. The maximum atomic E-state index is 9.94. The van der Waals surface area contributed by atoms with Crippen molar-refractivity contribution in [2.75, 3.05) is 0 Å². The van der Waals surface area contributed by atoms with Crippen LogP contribution in [0.5, 0.6) is 5.75 Å². The van der Waals surface area contributed by atoms with Gasteiger partial charge in [-0.3, -0.25) is 0 Å². The van der Waals surface area contributed by atoms with Gasteiger partial charge in [0.25, 0.3) is 0 Å². The molecule has 2 heteroatoms. The lowest BCUT2D eigenvalue weighted by atomic mass is 9.93. The van der Waals surface area contributed by atoms with Crippen molar-refractivity contribution in [2.45, 2.75) is 26.3 Å². The van der Waals surface area contributed by atoms with E-state index >= 15 is 0 Å². The van der Waals surface area contributed by atoms with Gasteiger partial charge in [0.05, 0.1) is 0 Å². The first-order valence-corrected chi connectivity index (χ1v) is 6.69. The normalized spacial score (nSPS) is 12.6. The Bertz CT molecular complexity index is 534. The highest BCUT2D eigenvalue weighted by Crippen LogP contribution is 2.29. The molecule has 0 fully saturated rings. The lowest BCUT2D eigenvalue weighted by Gasteiger charge is -2.18. The summed E-state index contributed by atoms with van der Waals surface area (Å²) in [4.78, 5) is 0. The fraction of sp³-hybridized carbons (Fsp3) is 0.294. The maximum absolute atomic E-state index is 9.94. The van der Waals surface area contributed by atoms with E-state index in [9.17, 15) is 5.11 Å². The van der Waals surface area contributed by atoms with Gasteiger partial charge in [0.15, 0.2) is 0 Å². The quantitative estimate of drug-likeness (QED) is 0.876. The van der Waals surface area contributed by atoms with Gasteiger partial charge >= 0.3 is 0 Å². The number of phenolic OH excluding ortho intramolecular Hbond substituents is 1. The molecular formula is C17H21NO. The Hall–Kier alpha value is -1.80.